The summed E-state index contributed by atoms with van der Waals surface area (Å²) in [6, 6.07) is 0. The van der Waals surface area contributed by atoms with Gasteiger partial charge in [0.1, 0.15) is 6.61 Å². The summed E-state index contributed by atoms with van der Waals surface area (Å²) in [4.78, 5) is 25.4. The van der Waals surface area contributed by atoms with Gasteiger partial charge in [0.15, 0.2) is 6.10 Å². The molecule has 0 aliphatic heterocycles. The molecule has 348 valence electrons. The van der Waals surface area contributed by atoms with Crippen LogP contribution in [0.15, 0.2) is 60.8 Å². The molecule has 0 spiro atoms. The normalized spacial score (nSPS) is 12.7. The predicted octanol–water partition coefficient (Wildman–Crippen LogP) is 17.3. The first-order valence-electron chi connectivity index (χ1n) is 25.8. The van der Waals surface area contributed by atoms with E-state index in [1.165, 1.54) is 148 Å². The van der Waals surface area contributed by atoms with Crippen molar-refractivity contribution in [2.24, 2.45) is 0 Å². The van der Waals surface area contributed by atoms with Gasteiger partial charge in [-0.25, -0.2) is 0 Å². The standard InChI is InChI=1S/C55H98O5/c1-4-7-10-13-16-19-22-25-26-27-28-29-30-32-33-36-39-42-45-48-54(56)59-52-53(51-58-50-47-44-41-38-35-24-21-18-15-12-9-6-3)60-55(57)49-46-43-40-37-34-31-23-20-17-14-11-8-5-2/h8,11,15,17-18,20,25-26,31,34,53H,4-7,9-10,12-14,16,19,21-24,27-30,32-33,35-52H2,1-3H3/b11-8-,18-15-,20-17-,26-25-,34-31-. The lowest BCUT2D eigenvalue weighted by Crippen LogP contribution is -2.30. The second-order valence-electron chi connectivity index (χ2n) is 17.0. The van der Waals surface area contributed by atoms with Gasteiger partial charge in [0.05, 0.1) is 6.61 Å². The minimum absolute atomic E-state index is 0.0700. The molecule has 0 aliphatic rings. The highest BCUT2D eigenvalue weighted by atomic mass is 16.6. The molecule has 0 heterocycles. The van der Waals surface area contributed by atoms with E-state index < -0.39 is 6.10 Å². The van der Waals surface area contributed by atoms with Crippen molar-refractivity contribution in [3.05, 3.63) is 60.8 Å². The lowest BCUT2D eigenvalue weighted by atomic mass is 10.1. The third-order valence-corrected chi connectivity index (χ3v) is 11.0. The smallest absolute Gasteiger partial charge is 0.306 e. The highest BCUT2D eigenvalue weighted by Gasteiger charge is 2.17. The molecule has 0 saturated carbocycles. The zero-order valence-electron chi connectivity index (χ0n) is 40.0. The first kappa shape index (κ1) is 57.6. The van der Waals surface area contributed by atoms with Crippen molar-refractivity contribution in [3.8, 4) is 0 Å². The van der Waals surface area contributed by atoms with Gasteiger partial charge in [-0.1, -0.05) is 204 Å². The Bertz CT molecular complexity index is 1040. The summed E-state index contributed by atoms with van der Waals surface area (Å²) in [6.45, 7) is 7.65. The van der Waals surface area contributed by atoms with E-state index in [1.54, 1.807) is 0 Å². The molecule has 0 fully saturated rings. The molecule has 0 radical (unpaired) electrons. The van der Waals surface area contributed by atoms with Crippen molar-refractivity contribution < 1.29 is 23.8 Å². The van der Waals surface area contributed by atoms with Crippen molar-refractivity contribution in [3.63, 3.8) is 0 Å². The zero-order chi connectivity index (χ0) is 43.5. The van der Waals surface area contributed by atoms with E-state index in [1.807, 2.05) is 0 Å². The van der Waals surface area contributed by atoms with Gasteiger partial charge in [0, 0.05) is 19.4 Å². The van der Waals surface area contributed by atoms with Gasteiger partial charge in [0.2, 0.25) is 0 Å². The van der Waals surface area contributed by atoms with Crippen LogP contribution < -0.4 is 0 Å². The summed E-state index contributed by atoms with van der Waals surface area (Å²) in [7, 11) is 0. The molecule has 60 heavy (non-hydrogen) atoms. The fourth-order valence-electron chi connectivity index (χ4n) is 7.15. The van der Waals surface area contributed by atoms with E-state index in [2.05, 4.69) is 81.5 Å². The second-order valence-corrected chi connectivity index (χ2v) is 17.0. The van der Waals surface area contributed by atoms with E-state index >= 15 is 0 Å². The highest BCUT2D eigenvalue weighted by molar-refractivity contribution is 5.70. The molecule has 0 aromatic heterocycles. The number of rotatable bonds is 47. The Morgan fingerprint density at radius 1 is 0.383 bits per heavy atom. The molecule has 5 nitrogen and oxygen atoms in total. The summed E-state index contributed by atoms with van der Waals surface area (Å²) >= 11 is 0. The van der Waals surface area contributed by atoms with Gasteiger partial charge < -0.3 is 14.2 Å². The molecule has 0 bridgehead atoms. The summed E-state index contributed by atoms with van der Waals surface area (Å²) in [5.74, 6) is -0.432. The Labute approximate surface area is 373 Å². The lowest BCUT2D eigenvalue weighted by Gasteiger charge is -2.18. The van der Waals surface area contributed by atoms with E-state index in [0.29, 0.717) is 19.4 Å². The first-order valence-corrected chi connectivity index (χ1v) is 25.8. The molecule has 1 atom stereocenters. The minimum Gasteiger partial charge on any atom is -0.462 e. The number of hydrogen-bond acceptors (Lipinski definition) is 5. The van der Waals surface area contributed by atoms with Gasteiger partial charge in [-0.05, 0) is 96.3 Å². The summed E-state index contributed by atoms with van der Waals surface area (Å²) < 4.78 is 17.4. The molecular formula is C55H98O5. The number of unbranched alkanes of at least 4 members (excludes halogenated alkanes) is 26. The number of hydrogen-bond donors (Lipinski definition) is 0. The Morgan fingerprint density at radius 3 is 1.28 bits per heavy atom. The third kappa shape index (κ3) is 48.3. The molecule has 5 heteroatoms. The molecule has 0 aromatic rings. The Kier molecular flexibility index (Phi) is 48.9. The van der Waals surface area contributed by atoms with Crippen LogP contribution in [0, 0.1) is 0 Å². The van der Waals surface area contributed by atoms with Crippen molar-refractivity contribution in [1.29, 1.82) is 0 Å². The van der Waals surface area contributed by atoms with Crippen LogP contribution in [0.25, 0.3) is 0 Å². The average Bonchev–Trinajstić information content (AvgIpc) is 3.25. The van der Waals surface area contributed by atoms with Gasteiger partial charge in [0.25, 0.3) is 0 Å². The maximum atomic E-state index is 12.8. The summed E-state index contributed by atoms with van der Waals surface area (Å²) in [5, 5.41) is 0. The van der Waals surface area contributed by atoms with Crippen LogP contribution in [0.2, 0.25) is 0 Å². The van der Waals surface area contributed by atoms with Crippen LogP contribution in [0.4, 0.5) is 0 Å². The van der Waals surface area contributed by atoms with Gasteiger partial charge in [-0.3, -0.25) is 9.59 Å². The number of ether oxygens (including phenoxy) is 3. The Hall–Kier alpha value is -2.40. The topological polar surface area (TPSA) is 61.8 Å². The number of allylic oxidation sites excluding steroid dienone is 10. The average molecular weight is 839 g/mol. The number of carbonyl (C=O) groups excluding carboxylic acids is 2. The molecule has 0 saturated heterocycles. The van der Waals surface area contributed by atoms with E-state index in [0.717, 1.165) is 70.6 Å². The molecule has 0 aromatic carbocycles. The molecular weight excluding hydrogens is 741 g/mol. The van der Waals surface area contributed by atoms with E-state index in [9.17, 15) is 9.59 Å². The maximum Gasteiger partial charge on any atom is 0.306 e. The largest absolute Gasteiger partial charge is 0.462 e. The molecule has 0 N–H and O–H groups in total. The SMILES string of the molecule is CC/C=C\C/C=C\C/C=C\CCCCCC(=O)OC(COCCCCCCCC/C=C\CCCC)COC(=O)CCCCCCCCCCC/C=C\CCCCCCCC. The van der Waals surface area contributed by atoms with E-state index in [4.69, 9.17) is 14.2 Å². The van der Waals surface area contributed by atoms with Crippen LogP contribution in [0.3, 0.4) is 0 Å². The van der Waals surface area contributed by atoms with Crippen LogP contribution in [0.5, 0.6) is 0 Å². The minimum atomic E-state index is -0.554. The van der Waals surface area contributed by atoms with E-state index in [-0.39, 0.29) is 25.2 Å². The number of esters is 2. The summed E-state index contributed by atoms with van der Waals surface area (Å²) in [6.07, 6.45) is 63.7. The fourth-order valence-corrected chi connectivity index (χ4v) is 7.15. The van der Waals surface area contributed by atoms with Gasteiger partial charge >= 0.3 is 11.9 Å². The van der Waals surface area contributed by atoms with Gasteiger partial charge in [-0.2, -0.15) is 0 Å². The fraction of sp³-hybridized carbons (Fsp3) is 0.782. The highest BCUT2D eigenvalue weighted by Crippen LogP contribution is 2.14. The molecule has 0 amide bonds. The maximum absolute atomic E-state index is 12.8. The second kappa shape index (κ2) is 51.0. The molecule has 0 aliphatic carbocycles. The summed E-state index contributed by atoms with van der Waals surface area (Å²) in [5.41, 5.74) is 0. The van der Waals surface area contributed by atoms with Crippen LogP contribution in [0.1, 0.15) is 252 Å². The van der Waals surface area contributed by atoms with Crippen molar-refractivity contribution >= 4 is 11.9 Å². The lowest BCUT2D eigenvalue weighted by molar-refractivity contribution is -0.163. The number of carbonyl (C=O) groups is 2. The van der Waals surface area contributed by atoms with Crippen LogP contribution >= 0.6 is 0 Å². The first-order chi connectivity index (χ1) is 29.6. The molecule has 0 rings (SSSR count). The third-order valence-electron chi connectivity index (χ3n) is 11.0. The van der Waals surface area contributed by atoms with Crippen molar-refractivity contribution in [2.45, 2.75) is 258 Å². The van der Waals surface area contributed by atoms with Crippen LogP contribution in [-0.2, 0) is 23.8 Å². The Balaban J connectivity index is 4.24. The van der Waals surface area contributed by atoms with Crippen molar-refractivity contribution in [1.82, 2.24) is 0 Å². The van der Waals surface area contributed by atoms with Crippen LogP contribution in [-0.4, -0.2) is 37.9 Å². The molecule has 1 unspecified atom stereocenters. The monoisotopic (exact) mass is 839 g/mol. The van der Waals surface area contributed by atoms with Gasteiger partial charge in [-0.15, -0.1) is 0 Å². The van der Waals surface area contributed by atoms with Crippen molar-refractivity contribution in [2.75, 3.05) is 19.8 Å². The Morgan fingerprint density at radius 2 is 0.767 bits per heavy atom. The zero-order valence-corrected chi connectivity index (χ0v) is 40.0. The predicted molar refractivity (Wildman–Crippen MR) is 261 cm³/mol. The quantitative estimate of drug-likeness (QED) is 0.0347.